The van der Waals surface area contributed by atoms with Gasteiger partial charge in [-0.3, -0.25) is 9.59 Å². The number of quaternary nitrogens is 1. The lowest BCUT2D eigenvalue weighted by molar-refractivity contribution is -0.910. The standard InChI is InChI=1S/C21H23N3O4S/c1-15-7-8-16(2)19(13-15)29(27,28)23-11-9-22(10-12-23)14-24-20(25)17-5-3-4-6-18(17)21(24)26/h3-8,13H,9-12,14H2,1-2H3/p+1. The van der Waals surface area contributed by atoms with Crippen molar-refractivity contribution in [2.45, 2.75) is 18.7 Å². The molecule has 0 atom stereocenters. The van der Waals surface area contributed by atoms with E-state index in [1.54, 1.807) is 37.3 Å². The van der Waals surface area contributed by atoms with Crippen LogP contribution in [0.5, 0.6) is 0 Å². The van der Waals surface area contributed by atoms with Gasteiger partial charge in [0, 0.05) is 0 Å². The van der Waals surface area contributed by atoms with Crippen molar-refractivity contribution in [2.24, 2.45) is 0 Å². The minimum absolute atomic E-state index is 0.254. The molecule has 0 radical (unpaired) electrons. The van der Waals surface area contributed by atoms with Crippen LogP contribution in [0, 0.1) is 13.8 Å². The van der Waals surface area contributed by atoms with Gasteiger partial charge in [0.05, 0.1) is 42.2 Å². The molecular formula is C21H24N3O4S+. The highest BCUT2D eigenvalue weighted by Gasteiger charge is 2.39. The molecule has 2 aliphatic heterocycles. The van der Waals surface area contributed by atoms with Crippen LogP contribution in [0.15, 0.2) is 47.4 Å². The molecule has 7 nitrogen and oxygen atoms in total. The highest BCUT2D eigenvalue weighted by Crippen LogP contribution is 2.22. The number of hydrogen-bond donors (Lipinski definition) is 1. The van der Waals surface area contributed by atoms with E-state index >= 15 is 0 Å². The highest BCUT2D eigenvalue weighted by atomic mass is 32.2. The maximum atomic E-state index is 13.1. The van der Waals surface area contributed by atoms with Crippen molar-refractivity contribution in [3.8, 4) is 0 Å². The van der Waals surface area contributed by atoms with Crippen LogP contribution in [-0.4, -0.2) is 62.3 Å². The molecule has 1 N–H and O–H groups in total. The zero-order chi connectivity index (χ0) is 20.8. The molecule has 2 heterocycles. The second kappa shape index (κ2) is 7.37. The molecular weight excluding hydrogens is 390 g/mol. The molecule has 2 aliphatic rings. The number of nitrogens with zero attached hydrogens (tertiary/aromatic N) is 2. The van der Waals surface area contributed by atoms with Gasteiger partial charge in [0.2, 0.25) is 10.0 Å². The minimum Gasteiger partial charge on any atom is -0.315 e. The summed E-state index contributed by atoms with van der Waals surface area (Å²) in [7, 11) is -3.56. The highest BCUT2D eigenvalue weighted by molar-refractivity contribution is 7.89. The summed E-state index contributed by atoms with van der Waals surface area (Å²) < 4.78 is 27.6. The Kier molecular flexibility index (Phi) is 5.02. The smallest absolute Gasteiger partial charge is 0.265 e. The van der Waals surface area contributed by atoms with Gasteiger partial charge in [0.15, 0.2) is 6.67 Å². The van der Waals surface area contributed by atoms with Crippen LogP contribution >= 0.6 is 0 Å². The van der Waals surface area contributed by atoms with Crippen molar-refractivity contribution in [1.82, 2.24) is 9.21 Å². The molecule has 1 saturated heterocycles. The van der Waals surface area contributed by atoms with Gasteiger partial charge in [-0.15, -0.1) is 0 Å². The minimum atomic E-state index is -3.56. The van der Waals surface area contributed by atoms with Gasteiger partial charge < -0.3 is 4.90 Å². The number of nitrogens with one attached hydrogen (secondary N) is 1. The summed E-state index contributed by atoms with van der Waals surface area (Å²) in [4.78, 5) is 27.7. The quantitative estimate of drug-likeness (QED) is 0.737. The molecule has 4 rings (SSSR count). The predicted molar refractivity (Wildman–Crippen MR) is 107 cm³/mol. The van der Waals surface area contributed by atoms with E-state index in [1.165, 1.54) is 9.21 Å². The molecule has 29 heavy (non-hydrogen) atoms. The molecule has 2 aromatic rings. The van der Waals surface area contributed by atoms with E-state index in [4.69, 9.17) is 0 Å². The van der Waals surface area contributed by atoms with Crippen molar-refractivity contribution in [3.05, 3.63) is 64.7 Å². The fourth-order valence-corrected chi connectivity index (χ4v) is 5.68. The number of carbonyl (C=O) groups excluding carboxylic acids is 2. The predicted octanol–water partition coefficient (Wildman–Crippen LogP) is 0.446. The SMILES string of the molecule is Cc1ccc(C)c(S(=O)(=O)N2CC[NH+](CN3C(=O)c4ccccc4C3=O)CC2)c1. The summed E-state index contributed by atoms with van der Waals surface area (Å²) in [5.41, 5.74) is 2.52. The van der Waals surface area contributed by atoms with Crippen LogP contribution in [0.2, 0.25) is 0 Å². The molecule has 0 bridgehead atoms. The van der Waals surface area contributed by atoms with Gasteiger partial charge in [0.1, 0.15) is 0 Å². The van der Waals surface area contributed by atoms with Gasteiger partial charge >= 0.3 is 0 Å². The van der Waals surface area contributed by atoms with Crippen LogP contribution in [0.4, 0.5) is 0 Å². The Morgan fingerprint density at radius 3 is 2.10 bits per heavy atom. The van der Waals surface area contributed by atoms with Crippen LogP contribution in [0.25, 0.3) is 0 Å². The van der Waals surface area contributed by atoms with E-state index in [0.29, 0.717) is 42.2 Å². The molecule has 0 spiro atoms. The maximum Gasteiger partial charge on any atom is 0.265 e. The zero-order valence-corrected chi connectivity index (χ0v) is 17.3. The van der Waals surface area contributed by atoms with Gasteiger partial charge in [-0.1, -0.05) is 24.3 Å². The molecule has 2 aromatic carbocycles. The number of carbonyl (C=O) groups is 2. The number of amides is 2. The lowest BCUT2D eigenvalue weighted by Crippen LogP contribution is -3.16. The second-order valence-electron chi connectivity index (χ2n) is 7.67. The molecule has 1 fully saturated rings. The van der Waals surface area contributed by atoms with Crippen molar-refractivity contribution in [2.75, 3.05) is 32.8 Å². The summed E-state index contributed by atoms with van der Waals surface area (Å²) in [6.45, 7) is 5.72. The van der Waals surface area contributed by atoms with Crippen LogP contribution in [0.3, 0.4) is 0 Å². The average Bonchev–Trinajstić information content (AvgIpc) is 2.95. The van der Waals surface area contributed by atoms with Crippen molar-refractivity contribution in [1.29, 1.82) is 0 Å². The molecule has 152 valence electrons. The fraction of sp³-hybridized carbons (Fsp3) is 0.333. The van der Waals surface area contributed by atoms with Gasteiger partial charge in [-0.25, -0.2) is 13.3 Å². The Labute approximate surface area is 170 Å². The Morgan fingerprint density at radius 2 is 1.52 bits per heavy atom. The summed E-state index contributed by atoms with van der Waals surface area (Å²) in [5.74, 6) is -0.549. The van der Waals surface area contributed by atoms with E-state index < -0.39 is 10.0 Å². The number of sulfonamides is 1. The van der Waals surface area contributed by atoms with E-state index in [2.05, 4.69) is 0 Å². The van der Waals surface area contributed by atoms with Crippen LogP contribution < -0.4 is 4.90 Å². The number of fused-ring (bicyclic) bond motifs is 1. The Balaban J connectivity index is 1.43. The van der Waals surface area contributed by atoms with Crippen LogP contribution in [-0.2, 0) is 10.0 Å². The van der Waals surface area contributed by atoms with Crippen molar-refractivity contribution >= 4 is 21.8 Å². The third kappa shape index (κ3) is 3.48. The summed E-state index contributed by atoms with van der Waals surface area (Å²) in [6, 6.07) is 12.3. The maximum absolute atomic E-state index is 13.1. The van der Waals surface area contributed by atoms with Crippen molar-refractivity contribution in [3.63, 3.8) is 0 Å². The molecule has 0 saturated carbocycles. The van der Waals surface area contributed by atoms with Gasteiger partial charge in [0.25, 0.3) is 11.8 Å². The molecule has 2 amide bonds. The summed E-state index contributed by atoms with van der Waals surface area (Å²) in [5, 5.41) is 0. The third-order valence-electron chi connectivity index (χ3n) is 5.65. The summed E-state index contributed by atoms with van der Waals surface area (Å²) in [6.07, 6.45) is 0. The average molecular weight is 415 g/mol. The molecule has 0 unspecified atom stereocenters. The Bertz CT molecular complexity index is 1050. The number of rotatable bonds is 4. The lowest BCUT2D eigenvalue weighted by Gasteiger charge is -2.33. The topological polar surface area (TPSA) is 79.2 Å². The Morgan fingerprint density at radius 1 is 0.931 bits per heavy atom. The zero-order valence-electron chi connectivity index (χ0n) is 16.5. The van der Waals surface area contributed by atoms with Gasteiger partial charge in [-0.2, -0.15) is 4.31 Å². The first kappa shape index (κ1) is 19.8. The monoisotopic (exact) mass is 414 g/mol. The molecule has 0 aliphatic carbocycles. The van der Waals surface area contributed by atoms with E-state index in [-0.39, 0.29) is 18.5 Å². The Hall–Kier alpha value is -2.55. The third-order valence-corrected chi connectivity index (χ3v) is 7.69. The van der Waals surface area contributed by atoms with Gasteiger partial charge in [-0.05, 0) is 43.2 Å². The first-order valence-electron chi connectivity index (χ1n) is 9.65. The number of benzene rings is 2. The second-order valence-corrected chi connectivity index (χ2v) is 9.57. The van der Waals surface area contributed by atoms with E-state index in [1.807, 2.05) is 19.1 Å². The largest absolute Gasteiger partial charge is 0.315 e. The first-order valence-corrected chi connectivity index (χ1v) is 11.1. The van der Waals surface area contributed by atoms with Crippen LogP contribution in [0.1, 0.15) is 31.8 Å². The number of aryl methyl sites for hydroxylation is 2. The molecule has 0 aromatic heterocycles. The van der Waals surface area contributed by atoms with E-state index in [0.717, 1.165) is 16.0 Å². The van der Waals surface area contributed by atoms with E-state index in [9.17, 15) is 18.0 Å². The number of hydrogen-bond acceptors (Lipinski definition) is 4. The normalized spacial score (nSPS) is 18.3. The molecule has 8 heteroatoms. The fourth-order valence-electron chi connectivity index (χ4n) is 3.93. The summed E-state index contributed by atoms with van der Waals surface area (Å²) >= 11 is 0. The lowest BCUT2D eigenvalue weighted by atomic mass is 10.1. The number of piperazine rings is 1. The first-order chi connectivity index (χ1) is 13.8. The van der Waals surface area contributed by atoms with Crippen molar-refractivity contribution < 1.29 is 22.9 Å². The number of imide groups is 1.